The maximum absolute atomic E-state index is 12.7. The molecule has 0 radical (unpaired) electrons. The number of hydrogen-bond acceptors (Lipinski definition) is 11. The number of benzene rings is 3. The number of nitro groups is 2. The normalized spacial score (nSPS) is 16.5. The minimum atomic E-state index is -0.818. The number of nitrogens with zero attached hydrogens (tertiary/aromatic N) is 2. The predicted octanol–water partition coefficient (Wildman–Crippen LogP) is 5.41. The van der Waals surface area contributed by atoms with E-state index >= 15 is 0 Å². The summed E-state index contributed by atoms with van der Waals surface area (Å²) in [6.45, 7) is 0.213. The van der Waals surface area contributed by atoms with Crippen molar-refractivity contribution in [2.75, 3.05) is 12.3 Å². The zero-order valence-corrected chi connectivity index (χ0v) is 27.9. The largest absolute Gasteiger partial charge is 0.445 e. The van der Waals surface area contributed by atoms with Crippen LogP contribution in [0.1, 0.15) is 29.5 Å². The molecular weight excluding hydrogens is 712 g/mol. The van der Waals surface area contributed by atoms with Gasteiger partial charge in [-0.15, -0.1) is 11.8 Å². The lowest BCUT2D eigenvalue weighted by molar-refractivity contribution is -0.385. The number of carbonyl (C=O) groups is 3. The smallest absolute Gasteiger partial charge is 0.407 e. The molecule has 4 atom stereocenters. The summed E-state index contributed by atoms with van der Waals surface area (Å²) >= 11 is 5.03. The Morgan fingerprint density at radius 2 is 1.67 bits per heavy atom. The Labute approximate surface area is 288 Å². The van der Waals surface area contributed by atoms with Gasteiger partial charge in [0.1, 0.15) is 12.7 Å². The molecule has 3 aromatic rings. The third-order valence-corrected chi connectivity index (χ3v) is 9.58. The van der Waals surface area contributed by atoms with Crippen LogP contribution in [0.15, 0.2) is 78.9 Å². The number of rotatable bonds is 18. The van der Waals surface area contributed by atoms with Gasteiger partial charge in [-0.05, 0) is 48.3 Å². The van der Waals surface area contributed by atoms with E-state index in [1.807, 2.05) is 30.3 Å². The molecule has 2 amide bonds. The number of aryl methyl sites for hydroxylation is 1. The van der Waals surface area contributed by atoms with Gasteiger partial charge in [0, 0.05) is 36.3 Å². The van der Waals surface area contributed by atoms with Crippen LogP contribution in [0.5, 0.6) is 0 Å². The number of hydrogen-bond donors (Lipinski definition) is 2. The number of alkyl carbamates (subject to hydrolysis) is 1. The van der Waals surface area contributed by atoms with Crippen LogP contribution in [0.3, 0.4) is 0 Å². The Morgan fingerprint density at radius 3 is 2.35 bits per heavy atom. The van der Waals surface area contributed by atoms with Gasteiger partial charge in [-0.2, -0.15) is 4.89 Å². The fraction of sp³-hybridized carbons (Fsp3) is 0.344. The average Bonchev–Trinajstić information content (AvgIpc) is 3.07. The summed E-state index contributed by atoms with van der Waals surface area (Å²) in [7, 11) is 0. The molecule has 1 fully saturated rings. The van der Waals surface area contributed by atoms with E-state index in [0.29, 0.717) is 30.6 Å². The van der Waals surface area contributed by atoms with Crippen molar-refractivity contribution in [1.29, 1.82) is 0 Å². The van der Waals surface area contributed by atoms with Gasteiger partial charge >= 0.3 is 12.1 Å². The Bertz CT molecular complexity index is 1580. The lowest BCUT2D eigenvalue weighted by atomic mass is 9.81. The van der Waals surface area contributed by atoms with Crippen LogP contribution >= 0.6 is 27.7 Å². The van der Waals surface area contributed by atoms with Crippen molar-refractivity contribution in [2.24, 2.45) is 5.92 Å². The molecule has 16 heteroatoms. The van der Waals surface area contributed by atoms with Crippen LogP contribution in [-0.4, -0.2) is 56.4 Å². The van der Waals surface area contributed by atoms with Gasteiger partial charge in [0.25, 0.3) is 11.4 Å². The van der Waals surface area contributed by atoms with Gasteiger partial charge in [-0.25, -0.2) is 9.59 Å². The third-order valence-electron chi connectivity index (χ3n) is 7.46. The van der Waals surface area contributed by atoms with Crippen LogP contribution in [-0.2, 0) is 43.5 Å². The molecule has 254 valence electrons. The van der Waals surface area contributed by atoms with Crippen LogP contribution in [0.4, 0.5) is 16.2 Å². The summed E-state index contributed by atoms with van der Waals surface area (Å²) in [4.78, 5) is 69.2. The van der Waals surface area contributed by atoms with E-state index in [-0.39, 0.29) is 52.6 Å². The molecule has 0 aromatic heterocycles. The Hall–Kier alpha value is -4.54. The zero-order valence-electron chi connectivity index (χ0n) is 25.5. The summed E-state index contributed by atoms with van der Waals surface area (Å²) in [5.41, 5.74) is 1.56. The van der Waals surface area contributed by atoms with Crippen molar-refractivity contribution >= 4 is 57.0 Å². The Balaban J connectivity index is 1.24. The summed E-state index contributed by atoms with van der Waals surface area (Å²) in [6.07, 6.45) is -0.241. The van der Waals surface area contributed by atoms with E-state index in [4.69, 9.17) is 14.5 Å². The molecule has 14 nitrogen and oxygen atoms in total. The molecule has 0 spiro atoms. The van der Waals surface area contributed by atoms with E-state index in [9.17, 15) is 34.6 Å². The molecule has 2 N–H and O–H groups in total. The van der Waals surface area contributed by atoms with Crippen molar-refractivity contribution in [2.45, 2.75) is 48.6 Å². The zero-order chi connectivity index (χ0) is 34.5. The number of thioether (sulfide) groups is 1. The third kappa shape index (κ3) is 11.0. The standard InChI is InChI=1S/C32H33BrN4O10S/c33-28(19-34-32(40)45-20-22-10-13-24(14-11-22)36(41)42)48-17-16-25-30(31(39)35-25)27(15-12-21-6-2-1-3-7-21)46-47-29(38)18-23-8-4-5-9-26(23)37(43)44/h1-11,13-14,25,27-28,30H,12,15-20H2,(H,34,40)(H,35,39)/t25-,27?,28?,30+/m1/s1. The molecule has 3 aromatic carbocycles. The summed E-state index contributed by atoms with van der Waals surface area (Å²) < 4.78 is 5.01. The predicted molar refractivity (Wildman–Crippen MR) is 179 cm³/mol. The molecule has 1 aliphatic rings. The summed E-state index contributed by atoms with van der Waals surface area (Å²) in [5, 5.41) is 27.6. The van der Waals surface area contributed by atoms with Crippen molar-refractivity contribution in [3.63, 3.8) is 0 Å². The topological polar surface area (TPSA) is 189 Å². The minimum absolute atomic E-state index is 0.0400. The summed E-state index contributed by atoms with van der Waals surface area (Å²) in [5.74, 6) is -1.03. The van der Waals surface area contributed by atoms with Crippen LogP contribution in [0, 0.1) is 26.1 Å². The second-order valence-corrected chi connectivity index (χ2v) is 13.8. The number of non-ortho nitro benzene ring substituents is 1. The van der Waals surface area contributed by atoms with E-state index in [1.165, 1.54) is 54.2 Å². The van der Waals surface area contributed by atoms with Crippen molar-refractivity contribution in [1.82, 2.24) is 10.6 Å². The van der Waals surface area contributed by atoms with E-state index in [2.05, 4.69) is 26.6 Å². The molecule has 48 heavy (non-hydrogen) atoms. The van der Waals surface area contributed by atoms with Gasteiger partial charge in [0.05, 0.1) is 26.3 Å². The van der Waals surface area contributed by atoms with Crippen molar-refractivity contribution < 1.29 is 38.7 Å². The maximum atomic E-state index is 12.7. The summed E-state index contributed by atoms with van der Waals surface area (Å²) in [6, 6.07) is 20.9. The second-order valence-electron chi connectivity index (χ2n) is 10.8. The highest BCUT2D eigenvalue weighted by atomic mass is 79.9. The maximum Gasteiger partial charge on any atom is 0.407 e. The molecule has 1 heterocycles. The monoisotopic (exact) mass is 744 g/mol. The molecule has 0 aliphatic carbocycles. The first-order valence-electron chi connectivity index (χ1n) is 14.9. The number of carbonyl (C=O) groups excluding carboxylic acids is 3. The van der Waals surface area contributed by atoms with Gasteiger partial charge in [-0.3, -0.25) is 29.9 Å². The first-order valence-corrected chi connectivity index (χ1v) is 16.9. The number of ether oxygens (including phenoxy) is 1. The highest BCUT2D eigenvalue weighted by molar-refractivity contribution is 9.11. The second kappa shape index (κ2) is 18.1. The van der Waals surface area contributed by atoms with Gasteiger partial charge in [0.15, 0.2) is 0 Å². The van der Waals surface area contributed by atoms with Crippen LogP contribution < -0.4 is 10.6 Å². The number of halogens is 1. The van der Waals surface area contributed by atoms with Crippen molar-refractivity contribution in [3.8, 4) is 0 Å². The van der Waals surface area contributed by atoms with Crippen molar-refractivity contribution in [3.05, 3.63) is 116 Å². The van der Waals surface area contributed by atoms with Gasteiger partial charge < -0.3 is 15.4 Å². The average molecular weight is 746 g/mol. The van der Waals surface area contributed by atoms with E-state index in [0.717, 1.165) is 5.56 Å². The minimum Gasteiger partial charge on any atom is -0.445 e. The lowest BCUT2D eigenvalue weighted by Crippen LogP contribution is -2.63. The van der Waals surface area contributed by atoms with E-state index < -0.39 is 33.9 Å². The number of para-hydroxylation sites is 1. The first-order chi connectivity index (χ1) is 23.1. The lowest BCUT2D eigenvalue weighted by Gasteiger charge is -2.40. The molecule has 0 bridgehead atoms. The number of nitro benzene ring substituents is 2. The SMILES string of the molecule is O=C(Cc1ccccc1[N+](=O)[O-])OOC(CCc1ccccc1)[C@H]1C(=O)N[C@@H]1CCSC(Br)CNC(=O)OCc1ccc([N+](=O)[O-])cc1. The van der Waals surface area contributed by atoms with Crippen LogP contribution in [0.25, 0.3) is 0 Å². The molecule has 2 unspecified atom stereocenters. The Kier molecular flexibility index (Phi) is 13.7. The van der Waals surface area contributed by atoms with Gasteiger partial charge in [-0.1, -0.05) is 64.5 Å². The number of β-lactam (4-membered cyclic amide) rings is 1. The number of alkyl halides is 1. The fourth-order valence-electron chi connectivity index (χ4n) is 4.97. The van der Waals surface area contributed by atoms with E-state index in [1.54, 1.807) is 6.07 Å². The molecular formula is C32H33BrN4O10S. The molecule has 1 aliphatic heterocycles. The molecule has 0 saturated carbocycles. The Morgan fingerprint density at radius 1 is 0.958 bits per heavy atom. The quantitative estimate of drug-likeness (QED) is 0.0557. The first kappa shape index (κ1) is 36.3. The molecule has 4 rings (SSSR count). The highest BCUT2D eigenvalue weighted by Crippen LogP contribution is 2.30. The fourth-order valence-corrected chi connectivity index (χ4v) is 6.54. The number of nitrogens with one attached hydrogen (secondary N) is 2. The molecule has 1 saturated heterocycles. The number of amides is 2. The van der Waals surface area contributed by atoms with Crippen LogP contribution in [0.2, 0.25) is 0 Å². The van der Waals surface area contributed by atoms with Gasteiger partial charge in [0.2, 0.25) is 5.91 Å². The highest BCUT2D eigenvalue weighted by Gasteiger charge is 2.45.